The molecule has 6 heteroatoms. The van der Waals surface area contributed by atoms with Crippen LogP contribution in [-0.2, 0) is 5.41 Å². The standard InChI is InChI=1S/C21H22F2N4/c1-14-8-15(16-9-25-19(18(22)23)26-10-16)4-7-27(14)21-11-20(12-21,13-21)17-2-5-24-6-3-17/h2-3,5-6,9-10,15,18H,1,4,7-8,11-13H2. The Morgan fingerprint density at radius 3 is 2.37 bits per heavy atom. The van der Waals surface area contributed by atoms with Crippen molar-refractivity contribution in [3.8, 4) is 0 Å². The van der Waals surface area contributed by atoms with Gasteiger partial charge in [0.05, 0.1) is 0 Å². The molecule has 2 bridgehead atoms. The van der Waals surface area contributed by atoms with E-state index >= 15 is 0 Å². The molecule has 1 aliphatic heterocycles. The summed E-state index contributed by atoms with van der Waals surface area (Å²) in [6.45, 7) is 5.31. The molecule has 0 radical (unpaired) electrons. The van der Waals surface area contributed by atoms with Gasteiger partial charge in [-0.25, -0.2) is 18.7 Å². The van der Waals surface area contributed by atoms with E-state index < -0.39 is 12.2 Å². The summed E-state index contributed by atoms with van der Waals surface area (Å²) in [6.07, 6.45) is 9.68. The molecule has 2 aromatic rings. The molecule has 0 spiro atoms. The van der Waals surface area contributed by atoms with E-state index in [0.29, 0.717) is 5.41 Å². The van der Waals surface area contributed by atoms with Gasteiger partial charge in [0.1, 0.15) is 0 Å². The number of nitrogens with zero attached hydrogens (tertiary/aromatic N) is 4. The molecule has 1 unspecified atom stereocenters. The van der Waals surface area contributed by atoms with Crippen molar-refractivity contribution in [2.75, 3.05) is 6.54 Å². The maximum absolute atomic E-state index is 12.6. The van der Waals surface area contributed by atoms with E-state index in [1.54, 1.807) is 12.4 Å². The van der Waals surface area contributed by atoms with Crippen LogP contribution in [0.25, 0.3) is 0 Å². The second-order valence-corrected chi connectivity index (χ2v) is 8.35. The predicted octanol–water partition coefficient (Wildman–Crippen LogP) is 4.38. The van der Waals surface area contributed by atoms with E-state index in [1.807, 2.05) is 12.4 Å². The van der Waals surface area contributed by atoms with Gasteiger partial charge in [0.2, 0.25) is 0 Å². The van der Waals surface area contributed by atoms with Gasteiger partial charge in [-0.2, -0.15) is 0 Å². The number of halogens is 2. The maximum atomic E-state index is 12.6. The van der Waals surface area contributed by atoms with Crippen LogP contribution in [0, 0.1) is 0 Å². The van der Waals surface area contributed by atoms with Gasteiger partial charge in [0.25, 0.3) is 6.43 Å². The Morgan fingerprint density at radius 2 is 1.78 bits per heavy atom. The zero-order chi connectivity index (χ0) is 18.6. The molecule has 3 heterocycles. The molecule has 4 aliphatic rings. The van der Waals surface area contributed by atoms with Crippen molar-refractivity contribution in [2.45, 2.75) is 55.4 Å². The quantitative estimate of drug-likeness (QED) is 0.803. The lowest BCUT2D eigenvalue weighted by Gasteiger charge is -2.75. The summed E-state index contributed by atoms with van der Waals surface area (Å²) in [5.41, 5.74) is 4.13. The topological polar surface area (TPSA) is 41.9 Å². The lowest BCUT2D eigenvalue weighted by molar-refractivity contribution is -0.161. The summed E-state index contributed by atoms with van der Waals surface area (Å²) < 4.78 is 25.3. The highest BCUT2D eigenvalue weighted by Crippen LogP contribution is 2.71. The average molecular weight is 368 g/mol. The summed E-state index contributed by atoms with van der Waals surface area (Å²) in [5.74, 6) is -0.132. The highest BCUT2D eigenvalue weighted by Gasteiger charge is 2.70. The summed E-state index contributed by atoms with van der Waals surface area (Å²) in [4.78, 5) is 14.3. The number of hydrogen-bond donors (Lipinski definition) is 0. The van der Waals surface area contributed by atoms with Gasteiger partial charge in [-0.1, -0.05) is 6.58 Å². The molecule has 6 rings (SSSR count). The summed E-state index contributed by atoms with van der Waals surface area (Å²) in [6, 6.07) is 4.29. The van der Waals surface area contributed by atoms with E-state index in [4.69, 9.17) is 0 Å². The first-order valence-corrected chi connectivity index (χ1v) is 9.47. The van der Waals surface area contributed by atoms with Crippen molar-refractivity contribution < 1.29 is 8.78 Å². The van der Waals surface area contributed by atoms with Crippen LogP contribution in [0.1, 0.15) is 61.4 Å². The molecule has 27 heavy (non-hydrogen) atoms. The number of likely N-dealkylation sites (tertiary alicyclic amines) is 1. The average Bonchev–Trinajstić information content (AvgIpc) is 2.62. The second kappa shape index (κ2) is 5.81. The number of pyridine rings is 1. The Bertz CT molecular complexity index is 846. The molecule has 1 saturated heterocycles. The van der Waals surface area contributed by atoms with Gasteiger partial charge < -0.3 is 4.90 Å². The number of allylic oxidation sites excluding steroid dienone is 1. The van der Waals surface area contributed by atoms with Gasteiger partial charge >= 0.3 is 0 Å². The van der Waals surface area contributed by atoms with Crippen LogP contribution in [0.2, 0.25) is 0 Å². The van der Waals surface area contributed by atoms with Crippen molar-refractivity contribution in [2.24, 2.45) is 0 Å². The first-order valence-electron chi connectivity index (χ1n) is 9.47. The largest absolute Gasteiger partial charge is 0.369 e. The van der Waals surface area contributed by atoms with Crippen molar-refractivity contribution in [3.05, 3.63) is 66.1 Å². The fourth-order valence-electron chi connectivity index (χ4n) is 5.50. The van der Waals surface area contributed by atoms with Crippen LogP contribution in [0.3, 0.4) is 0 Å². The second-order valence-electron chi connectivity index (χ2n) is 8.35. The normalized spacial score (nSPS) is 32.2. The van der Waals surface area contributed by atoms with E-state index in [-0.39, 0.29) is 11.5 Å². The van der Waals surface area contributed by atoms with Gasteiger partial charge in [-0.05, 0) is 61.3 Å². The summed E-state index contributed by atoms with van der Waals surface area (Å²) in [5, 5.41) is 0. The molecular weight excluding hydrogens is 346 g/mol. The number of rotatable bonds is 4. The van der Waals surface area contributed by atoms with Crippen LogP contribution in [0.5, 0.6) is 0 Å². The van der Waals surface area contributed by atoms with Crippen LogP contribution in [0.4, 0.5) is 8.78 Å². The van der Waals surface area contributed by atoms with Crippen molar-refractivity contribution >= 4 is 0 Å². The third kappa shape index (κ3) is 2.49. The number of hydrogen-bond acceptors (Lipinski definition) is 4. The van der Waals surface area contributed by atoms with Gasteiger partial charge in [-0.3, -0.25) is 4.98 Å². The Morgan fingerprint density at radius 1 is 1.11 bits per heavy atom. The monoisotopic (exact) mass is 368 g/mol. The minimum absolute atomic E-state index is 0.266. The molecule has 0 N–H and O–H groups in total. The zero-order valence-electron chi connectivity index (χ0n) is 15.1. The highest BCUT2D eigenvalue weighted by atomic mass is 19.3. The number of alkyl halides is 2. The molecule has 4 nitrogen and oxygen atoms in total. The lowest BCUT2D eigenvalue weighted by atomic mass is 9.36. The van der Waals surface area contributed by atoms with Gasteiger partial charge in [-0.15, -0.1) is 0 Å². The van der Waals surface area contributed by atoms with Crippen molar-refractivity contribution in [1.29, 1.82) is 0 Å². The molecule has 140 valence electrons. The van der Waals surface area contributed by atoms with E-state index in [0.717, 1.165) is 30.6 Å². The lowest BCUT2D eigenvalue weighted by Crippen LogP contribution is -2.76. The zero-order valence-corrected chi connectivity index (χ0v) is 15.1. The first-order chi connectivity index (χ1) is 13.0. The molecule has 0 aromatic carbocycles. The van der Waals surface area contributed by atoms with Gasteiger partial charge in [0.15, 0.2) is 5.82 Å². The Labute approximate surface area is 157 Å². The Balaban J connectivity index is 1.24. The Hall–Kier alpha value is -2.37. The molecule has 3 saturated carbocycles. The smallest absolute Gasteiger partial charge is 0.297 e. The fourth-order valence-corrected chi connectivity index (χ4v) is 5.50. The minimum Gasteiger partial charge on any atom is -0.369 e. The van der Waals surface area contributed by atoms with Crippen LogP contribution in [-0.4, -0.2) is 31.9 Å². The fraction of sp³-hybridized carbons (Fsp3) is 0.476. The van der Waals surface area contributed by atoms with E-state index in [9.17, 15) is 8.78 Å². The molecule has 1 atom stereocenters. The van der Waals surface area contributed by atoms with Crippen molar-refractivity contribution in [3.63, 3.8) is 0 Å². The van der Waals surface area contributed by atoms with Crippen LogP contribution < -0.4 is 0 Å². The SMILES string of the molecule is C=C1CC(c2cnc(C(F)F)nc2)CCN1C12CC(c3ccncc3)(C1)C2. The molecule has 3 aliphatic carbocycles. The summed E-state index contributed by atoms with van der Waals surface area (Å²) in [7, 11) is 0. The highest BCUT2D eigenvalue weighted by molar-refractivity contribution is 5.42. The number of aromatic nitrogens is 3. The van der Waals surface area contributed by atoms with Crippen LogP contribution in [0.15, 0.2) is 49.2 Å². The van der Waals surface area contributed by atoms with E-state index in [2.05, 4.69) is 38.6 Å². The maximum Gasteiger partial charge on any atom is 0.297 e. The molecule has 0 amide bonds. The molecule has 4 fully saturated rings. The minimum atomic E-state index is -2.62. The van der Waals surface area contributed by atoms with E-state index in [1.165, 1.54) is 24.8 Å². The third-order valence-corrected chi connectivity index (χ3v) is 6.79. The van der Waals surface area contributed by atoms with Crippen LogP contribution >= 0.6 is 0 Å². The predicted molar refractivity (Wildman–Crippen MR) is 97.3 cm³/mol. The summed E-state index contributed by atoms with van der Waals surface area (Å²) >= 11 is 0. The number of piperidine rings is 1. The molecule has 2 aromatic heterocycles. The molecular formula is C21H22F2N4. The third-order valence-electron chi connectivity index (χ3n) is 6.79. The van der Waals surface area contributed by atoms with Crippen molar-refractivity contribution in [1.82, 2.24) is 19.9 Å². The Kier molecular flexibility index (Phi) is 3.61. The van der Waals surface area contributed by atoms with Gasteiger partial charge in [0, 0.05) is 48.0 Å². The first kappa shape index (κ1) is 16.8.